The zero-order valence-corrected chi connectivity index (χ0v) is 10.6. The summed E-state index contributed by atoms with van der Waals surface area (Å²) in [5, 5.41) is 0.429. The van der Waals surface area contributed by atoms with E-state index in [0.717, 1.165) is 22.6 Å². The van der Waals surface area contributed by atoms with Crippen LogP contribution in [0.5, 0.6) is 0 Å². The molecule has 1 aromatic rings. The van der Waals surface area contributed by atoms with Gasteiger partial charge in [-0.15, -0.1) is 11.3 Å². The van der Waals surface area contributed by atoms with Gasteiger partial charge in [-0.1, -0.05) is 0 Å². The van der Waals surface area contributed by atoms with Crippen molar-refractivity contribution in [2.24, 2.45) is 0 Å². The Balaban J connectivity index is 2.46. The average Bonchev–Trinajstić information content (AvgIpc) is 2.56. The molecule has 1 aliphatic rings. The minimum atomic E-state index is -0.994. The molecule has 0 aromatic carbocycles. The van der Waals surface area contributed by atoms with Crippen LogP contribution >= 0.6 is 11.3 Å². The first-order valence-corrected chi connectivity index (χ1v) is 7.25. The Hall–Kier alpha value is -0.880. The molecule has 0 radical (unpaired) electrons. The van der Waals surface area contributed by atoms with E-state index in [9.17, 15) is 9.00 Å². The molecule has 88 valence electrons. The van der Waals surface area contributed by atoms with E-state index in [4.69, 9.17) is 10.5 Å². The maximum atomic E-state index is 11.7. The first kappa shape index (κ1) is 11.6. The Kier molecular flexibility index (Phi) is 3.30. The van der Waals surface area contributed by atoms with Crippen LogP contribution in [0.3, 0.4) is 0 Å². The maximum absolute atomic E-state index is 11.7. The second-order valence-corrected chi connectivity index (χ2v) is 6.30. The summed E-state index contributed by atoms with van der Waals surface area (Å²) in [6.07, 6.45) is 1.60. The molecule has 0 fully saturated rings. The van der Waals surface area contributed by atoms with Gasteiger partial charge in [0.1, 0.15) is 5.00 Å². The number of fused-ring (bicyclic) bond motifs is 1. The van der Waals surface area contributed by atoms with E-state index in [-0.39, 0.29) is 0 Å². The van der Waals surface area contributed by atoms with Crippen LogP contribution < -0.4 is 5.73 Å². The molecule has 1 aliphatic heterocycles. The van der Waals surface area contributed by atoms with Crippen LogP contribution in [0.4, 0.5) is 5.00 Å². The number of esters is 1. The van der Waals surface area contributed by atoms with Gasteiger partial charge in [0.05, 0.1) is 27.2 Å². The van der Waals surface area contributed by atoms with Gasteiger partial charge in [0.25, 0.3) is 0 Å². The fourth-order valence-electron chi connectivity index (χ4n) is 1.77. The first-order valence-electron chi connectivity index (χ1n) is 5.11. The minimum absolute atomic E-state index is 0.325. The summed E-state index contributed by atoms with van der Waals surface area (Å²) in [5.41, 5.74) is 7.08. The van der Waals surface area contributed by atoms with E-state index in [2.05, 4.69) is 0 Å². The van der Waals surface area contributed by atoms with Gasteiger partial charge < -0.3 is 10.5 Å². The summed E-state index contributed by atoms with van der Waals surface area (Å²) in [5.74, 6) is 0.270. The van der Waals surface area contributed by atoms with Crippen molar-refractivity contribution in [3.05, 3.63) is 11.1 Å². The summed E-state index contributed by atoms with van der Waals surface area (Å²) in [7, 11) is -0.994. The van der Waals surface area contributed by atoms with E-state index in [1.165, 1.54) is 11.3 Å². The molecule has 0 aliphatic carbocycles. The van der Waals surface area contributed by atoms with Gasteiger partial charge in [-0.05, 0) is 25.3 Å². The largest absolute Gasteiger partial charge is 0.462 e. The first-order chi connectivity index (χ1) is 7.65. The van der Waals surface area contributed by atoms with Gasteiger partial charge in [0.15, 0.2) is 0 Å². The molecule has 6 heteroatoms. The molecule has 1 unspecified atom stereocenters. The molecule has 2 heterocycles. The molecule has 4 nitrogen and oxygen atoms in total. The highest BCUT2D eigenvalue weighted by Gasteiger charge is 2.28. The highest BCUT2D eigenvalue weighted by molar-refractivity contribution is 7.87. The number of nitrogen functional groups attached to an aromatic ring is 1. The lowest BCUT2D eigenvalue weighted by atomic mass is 10.1. The predicted molar refractivity (Wildman–Crippen MR) is 64.3 cm³/mol. The van der Waals surface area contributed by atoms with Crippen LogP contribution in [0.25, 0.3) is 0 Å². The number of hydrogen-bond acceptors (Lipinski definition) is 5. The molecular formula is C10H13NO3S2. The standard InChI is InChI=1S/C10H13NO3S2/c1-2-14-9(12)7-6-4-3-5-16(13)10(6)15-8(7)11/h2-5,11H2,1H3. The quantitative estimate of drug-likeness (QED) is 0.818. The van der Waals surface area contributed by atoms with E-state index in [1.807, 2.05) is 0 Å². The van der Waals surface area contributed by atoms with Gasteiger partial charge in [-0.25, -0.2) is 4.79 Å². The fraction of sp³-hybridized carbons (Fsp3) is 0.500. The Labute approximate surface area is 100 Å². The van der Waals surface area contributed by atoms with Crippen molar-refractivity contribution in [2.75, 3.05) is 18.1 Å². The Morgan fingerprint density at radius 3 is 3.06 bits per heavy atom. The number of hydrogen-bond donors (Lipinski definition) is 1. The lowest BCUT2D eigenvalue weighted by molar-refractivity contribution is 0.0526. The summed E-state index contributed by atoms with van der Waals surface area (Å²) >= 11 is 1.26. The summed E-state index contributed by atoms with van der Waals surface area (Å²) in [4.78, 5) is 11.7. The topological polar surface area (TPSA) is 69.4 Å². The van der Waals surface area contributed by atoms with Gasteiger partial charge >= 0.3 is 5.97 Å². The number of nitrogens with two attached hydrogens (primary N) is 1. The zero-order valence-electron chi connectivity index (χ0n) is 8.95. The van der Waals surface area contributed by atoms with Crippen LogP contribution in [-0.4, -0.2) is 22.5 Å². The molecular weight excluding hydrogens is 246 g/mol. The third kappa shape index (κ3) is 1.87. The molecule has 1 aromatic heterocycles. The van der Waals surface area contributed by atoms with E-state index in [1.54, 1.807) is 6.92 Å². The maximum Gasteiger partial charge on any atom is 0.341 e. The van der Waals surface area contributed by atoms with Crippen molar-refractivity contribution < 1.29 is 13.7 Å². The second-order valence-electron chi connectivity index (χ2n) is 3.48. The molecule has 0 saturated heterocycles. The lowest BCUT2D eigenvalue weighted by Gasteiger charge is -2.11. The molecule has 2 N–H and O–H groups in total. The Bertz CT molecular complexity index is 453. The van der Waals surface area contributed by atoms with Crippen LogP contribution in [0.2, 0.25) is 0 Å². The third-order valence-corrected chi connectivity index (χ3v) is 5.42. The van der Waals surface area contributed by atoms with Crippen LogP contribution in [-0.2, 0) is 22.0 Å². The smallest absolute Gasteiger partial charge is 0.341 e. The predicted octanol–water partition coefficient (Wildman–Crippen LogP) is 1.56. The van der Waals surface area contributed by atoms with Gasteiger partial charge in [0.2, 0.25) is 0 Å². The summed E-state index contributed by atoms with van der Waals surface area (Å²) < 4.78 is 17.5. The molecule has 0 amide bonds. The van der Waals surface area contributed by atoms with Crippen molar-refractivity contribution in [1.82, 2.24) is 0 Å². The molecule has 1 atom stereocenters. The monoisotopic (exact) mass is 259 g/mol. The van der Waals surface area contributed by atoms with E-state index in [0.29, 0.717) is 22.9 Å². The van der Waals surface area contributed by atoms with Crippen molar-refractivity contribution in [1.29, 1.82) is 0 Å². The number of carbonyl (C=O) groups is 1. The van der Waals surface area contributed by atoms with Crippen LogP contribution in [0.15, 0.2) is 4.21 Å². The summed E-state index contributed by atoms with van der Waals surface area (Å²) in [6, 6.07) is 0. The Morgan fingerprint density at radius 2 is 2.38 bits per heavy atom. The number of ether oxygens (including phenoxy) is 1. The number of rotatable bonds is 2. The van der Waals surface area contributed by atoms with E-state index >= 15 is 0 Å². The van der Waals surface area contributed by atoms with Gasteiger partial charge in [-0.3, -0.25) is 4.21 Å². The molecule has 0 saturated carbocycles. The third-order valence-electron chi connectivity index (χ3n) is 2.44. The van der Waals surface area contributed by atoms with Gasteiger partial charge in [0, 0.05) is 5.75 Å². The minimum Gasteiger partial charge on any atom is -0.462 e. The average molecular weight is 259 g/mol. The summed E-state index contributed by atoms with van der Waals surface area (Å²) in [6.45, 7) is 2.08. The highest BCUT2D eigenvalue weighted by Crippen LogP contribution is 2.37. The van der Waals surface area contributed by atoms with Crippen molar-refractivity contribution >= 4 is 33.1 Å². The van der Waals surface area contributed by atoms with Crippen LogP contribution in [0, 0.1) is 0 Å². The number of thiophene rings is 1. The zero-order chi connectivity index (χ0) is 11.7. The Morgan fingerprint density at radius 1 is 1.62 bits per heavy atom. The fourth-order valence-corrected chi connectivity index (χ4v) is 4.57. The van der Waals surface area contributed by atoms with E-state index < -0.39 is 16.8 Å². The van der Waals surface area contributed by atoms with Crippen molar-refractivity contribution in [3.8, 4) is 0 Å². The second kappa shape index (κ2) is 4.55. The molecule has 2 rings (SSSR count). The SMILES string of the molecule is CCOC(=O)c1c(N)sc2c1CCCS2=O. The normalized spacial score (nSPS) is 19.2. The molecule has 16 heavy (non-hydrogen) atoms. The lowest BCUT2D eigenvalue weighted by Crippen LogP contribution is -2.13. The number of anilines is 1. The van der Waals surface area contributed by atoms with Crippen LogP contribution in [0.1, 0.15) is 29.3 Å². The van der Waals surface area contributed by atoms with Gasteiger partial charge in [-0.2, -0.15) is 0 Å². The van der Waals surface area contributed by atoms with Crippen molar-refractivity contribution in [3.63, 3.8) is 0 Å². The molecule has 0 bridgehead atoms. The highest BCUT2D eigenvalue weighted by atomic mass is 32.2. The number of carbonyl (C=O) groups excluding carboxylic acids is 1. The van der Waals surface area contributed by atoms with Crippen molar-refractivity contribution in [2.45, 2.75) is 24.0 Å². The molecule has 0 spiro atoms.